The number of nitrogens with two attached hydrogens (primary N) is 1. The van der Waals surface area contributed by atoms with Gasteiger partial charge in [-0.25, -0.2) is 0 Å². The van der Waals surface area contributed by atoms with E-state index >= 15 is 0 Å². The van der Waals surface area contributed by atoms with Gasteiger partial charge in [0.25, 0.3) is 0 Å². The highest BCUT2D eigenvalue weighted by atomic mass is 79.9. The Morgan fingerprint density at radius 2 is 2.17 bits per heavy atom. The van der Waals surface area contributed by atoms with Gasteiger partial charge in [-0.2, -0.15) is 0 Å². The van der Waals surface area contributed by atoms with Crippen LogP contribution in [0.15, 0.2) is 15.9 Å². The van der Waals surface area contributed by atoms with Crippen LogP contribution in [0, 0.1) is 0 Å². The Morgan fingerprint density at radius 1 is 1.44 bits per heavy atom. The monoisotopic (exact) mass is 331 g/mol. The minimum Gasteiger partial charge on any atom is -0.326 e. The first-order valence-corrected chi connectivity index (χ1v) is 8.05. The molecule has 1 aromatic rings. The SMILES string of the molecule is CC(N)C(c1ccc(Br)s1)N1CCN(C)C(C)C1. The maximum atomic E-state index is 6.22. The molecule has 2 N–H and O–H groups in total. The van der Waals surface area contributed by atoms with E-state index in [0.717, 1.165) is 19.6 Å². The summed E-state index contributed by atoms with van der Waals surface area (Å²) in [7, 11) is 2.20. The fraction of sp³-hybridized carbons (Fsp3) is 0.692. The van der Waals surface area contributed by atoms with Gasteiger partial charge in [-0.1, -0.05) is 0 Å². The van der Waals surface area contributed by atoms with E-state index < -0.39 is 0 Å². The number of hydrogen-bond acceptors (Lipinski definition) is 4. The van der Waals surface area contributed by atoms with Gasteiger partial charge in [0.15, 0.2) is 0 Å². The van der Waals surface area contributed by atoms with E-state index in [2.05, 4.69) is 58.8 Å². The zero-order valence-electron chi connectivity index (χ0n) is 11.3. The molecule has 3 unspecified atom stereocenters. The average molecular weight is 332 g/mol. The van der Waals surface area contributed by atoms with E-state index in [1.807, 2.05) is 0 Å². The molecule has 0 amide bonds. The van der Waals surface area contributed by atoms with Crippen LogP contribution < -0.4 is 5.73 Å². The molecular weight excluding hydrogens is 310 g/mol. The first-order chi connectivity index (χ1) is 8.49. The molecular formula is C13H22BrN3S. The van der Waals surface area contributed by atoms with Gasteiger partial charge in [0.2, 0.25) is 0 Å². The van der Waals surface area contributed by atoms with Crippen molar-refractivity contribution in [3.05, 3.63) is 20.8 Å². The molecule has 18 heavy (non-hydrogen) atoms. The van der Waals surface area contributed by atoms with Crippen LogP contribution in [0.25, 0.3) is 0 Å². The maximum absolute atomic E-state index is 6.22. The Hall–Kier alpha value is 0.0600. The topological polar surface area (TPSA) is 32.5 Å². The highest BCUT2D eigenvalue weighted by Crippen LogP contribution is 2.33. The fourth-order valence-corrected chi connectivity index (χ4v) is 4.26. The molecule has 0 aromatic carbocycles. The predicted molar refractivity (Wildman–Crippen MR) is 82.1 cm³/mol. The molecule has 2 heterocycles. The lowest BCUT2D eigenvalue weighted by Crippen LogP contribution is -2.53. The number of nitrogens with zero attached hydrogens (tertiary/aromatic N) is 2. The summed E-state index contributed by atoms with van der Waals surface area (Å²) in [6.07, 6.45) is 0. The highest BCUT2D eigenvalue weighted by Gasteiger charge is 2.30. The number of piperazine rings is 1. The number of rotatable bonds is 3. The minimum atomic E-state index is 0.158. The summed E-state index contributed by atoms with van der Waals surface area (Å²) in [5, 5.41) is 0. The molecule has 0 bridgehead atoms. The van der Waals surface area contributed by atoms with Crippen LogP contribution in [0.1, 0.15) is 24.8 Å². The third-order valence-corrected chi connectivity index (χ3v) is 5.46. The summed E-state index contributed by atoms with van der Waals surface area (Å²) in [6.45, 7) is 7.72. The number of likely N-dealkylation sites (N-methyl/N-ethyl adjacent to an activating group) is 1. The molecule has 1 aliphatic heterocycles. The molecule has 1 aromatic heterocycles. The van der Waals surface area contributed by atoms with Gasteiger partial charge >= 0.3 is 0 Å². The van der Waals surface area contributed by atoms with Crippen molar-refractivity contribution in [1.82, 2.24) is 9.80 Å². The lowest BCUT2D eigenvalue weighted by atomic mass is 10.0. The largest absolute Gasteiger partial charge is 0.326 e. The van der Waals surface area contributed by atoms with Crippen LogP contribution in [0.4, 0.5) is 0 Å². The number of halogens is 1. The smallest absolute Gasteiger partial charge is 0.0702 e. The molecule has 3 atom stereocenters. The third-order valence-electron chi connectivity index (χ3n) is 3.77. The summed E-state index contributed by atoms with van der Waals surface area (Å²) in [6, 6.07) is 5.42. The molecule has 1 fully saturated rings. The fourth-order valence-electron chi connectivity index (χ4n) is 2.59. The van der Waals surface area contributed by atoms with Gasteiger partial charge in [0.05, 0.1) is 9.83 Å². The molecule has 0 aliphatic carbocycles. The lowest BCUT2D eigenvalue weighted by Gasteiger charge is -2.42. The summed E-state index contributed by atoms with van der Waals surface area (Å²) in [4.78, 5) is 6.32. The standard InChI is InChI=1S/C13H22BrN3S/c1-9-8-17(7-6-16(9)3)13(10(2)15)11-4-5-12(14)18-11/h4-5,9-10,13H,6-8,15H2,1-3H3. The zero-order chi connectivity index (χ0) is 13.3. The molecule has 102 valence electrons. The van der Waals surface area contributed by atoms with Gasteiger partial charge in [-0.15, -0.1) is 11.3 Å². The van der Waals surface area contributed by atoms with Crippen molar-refractivity contribution >= 4 is 27.3 Å². The van der Waals surface area contributed by atoms with Crippen molar-refractivity contribution in [2.45, 2.75) is 32.0 Å². The van der Waals surface area contributed by atoms with E-state index in [-0.39, 0.29) is 6.04 Å². The molecule has 3 nitrogen and oxygen atoms in total. The van der Waals surface area contributed by atoms with Crippen LogP contribution in [0.3, 0.4) is 0 Å². The maximum Gasteiger partial charge on any atom is 0.0702 e. The molecule has 0 saturated carbocycles. The Morgan fingerprint density at radius 3 is 2.67 bits per heavy atom. The predicted octanol–water partition coefficient (Wildman–Crippen LogP) is 2.53. The van der Waals surface area contributed by atoms with E-state index in [0.29, 0.717) is 12.1 Å². The number of thiophene rings is 1. The summed E-state index contributed by atoms with van der Waals surface area (Å²) >= 11 is 5.35. The Balaban J connectivity index is 2.16. The second-order valence-corrected chi connectivity index (χ2v) is 7.76. The lowest BCUT2D eigenvalue weighted by molar-refractivity contribution is 0.0651. The van der Waals surface area contributed by atoms with Crippen LogP contribution >= 0.6 is 27.3 Å². The normalized spacial score (nSPS) is 26.2. The van der Waals surface area contributed by atoms with Gasteiger partial charge in [0, 0.05) is 36.6 Å². The van der Waals surface area contributed by atoms with Gasteiger partial charge in [-0.3, -0.25) is 4.90 Å². The third kappa shape index (κ3) is 3.14. The van der Waals surface area contributed by atoms with E-state index in [1.165, 1.54) is 8.66 Å². The van der Waals surface area contributed by atoms with Crippen molar-refractivity contribution in [3.63, 3.8) is 0 Å². The Kier molecular flexibility index (Phi) is 4.83. The molecule has 1 saturated heterocycles. The summed E-state index contributed by atoms with van der Waals surface area (Å²) in [5.74, 6) is 0. The van der Waals surface area contributed by atoms with Crippen LogP contribution in [-0.2, 0) is 0 Å². The van der Waals surface area contributed by atoms with E-state index in [1.54, 1.807) is 11.3 Å². The van der Waals surface area contributed by atoms with Crippen molar-refractivity contribution < 1.29 is 0 Å². The van der Waals surface area contributed by atoms with Gasteiger partial charge in [-0.05, 0) is 49.0 Å². The summed E-state index contributed by atoms with van der Waals surface area (Å²) < 4.78 is 1.19. The van der Waals surface area contributed by atoms with Crippen LogP contribution in [-0.4, -0.2) is 48.6 Å². The van der Waals surface area contributed by atoms with Crippen molar-refractivity contribution in [2.24, 2.45) is 5.73 Å². The van der Waals surface area contributed by atoms with E-state index in [4.69, 9.17) is 5.73 Å². The molecule has 2 rings (SSSR count). The second-order valence-electron chi connectivity index (χ2n) is 5.27. The first kappa shape index (κ1) is 14.5. The van der Waals surface area contributed by atoms with Crippen molar-refractivity contribution in [3.8, 4) is 0 Å². The quantitative estimate of drug-likeness (QED) is 0.923. The molecule has 5 heteroatoms. The minimum absolute atomic E-state index is 0.158. The zero-order valence-corrected chi connectivity index (χ0v) is 13.7. The second kappa shape index (κ2) is 6.01. The Bertz CT molecular complexity index is 393. The molecule has 1 aliphatic rings. The van der Waals surface area contributed by atoms with Gasteiger partial charge < -0.3 is 10.6 Å². The van der Waals surface area contributed by atoms with Crippen molar-refractivity contribution in [2.75, 3.05) is 26.7 Å². The first-order valence-electron chi connectivity index (χ1n) is 6.44. The highest BCUT2D eigenvalue weighted by molar-refractivity contribution is 9.11. The molecule has 0 radical (unpaired) electrons. The van der Waals surface area contributed by atoms with Gasteiger partial charge in [0.1, 0.15) is 0 Å². The molecule has 0 spiro atoms. The van der Waals surface area contributed by atoms with Crippen LogP contribution in [0.2, 0.25) is 0 Å². The van der Waals surface area contributed by atoms with Crippen LogP contribution in [0.5, 0.6) is 0 Å². The average Bonchev–Trinajstić information content (AvgIpc) is 2.70. The van der Waals surface area contributed by atoms with Crippen molar-refractivity contribution in [1.29, 1.82) is 0 Å². The Labute approximate surface area is 122 Å². The number of hydrogen-bond donors (Lipinski definition) is 1. The van der Waals surface area contributed by atoms with E-state index in [9.17, 15) is 0 Å². The summed E-state index contributed by atoms with van der Waals surface area (Å²) in [5.41, 5.74) is 6.22.